The zero-order valence-electron chi connectivity index (χ0n) is 3.98. The molecular formula is C2HClN2O2S2. The van der Waals surface area contributed by atoms with Gasteiger partial charge in [0.05, 0.1) is 0 Å². The molecule has 9 heavy (non-hydrogen) atoms. The van der Waals surface area contributed by atoms with Crippen LogP contribution in [0.25, 0.3) is 0 Å². The minimum atomic E-state index is -3.70. The van der Waals surface area contributed by atoms with Gasteiger partial charge in [0, 0.05) is 10.7 Å². The molecule has 0 aliphatic carbocycles. The lowest BCUT2D eigenvalue weighted by Crippen LogP contribution is -1.91. The highest BCUT2D eigenvalue weighted by molar-refractivity contribution is 8.13. The van der Waals surface area contributed by atoms with Crippen LogP contribution in [0.5, 0.6) is 0 Å². The van der Waals surface area contributed by atoms with Gasteiger partial charge in [0.1, 0.15) is 5.51 Å². The summed E-state index contributed by atoms with van der Waals surface area (Å²) < 4.78 is 24.1. The van der Waals surface area contributed by atoms with Gasteiger partial charge in [-0.3, -0.25) is 0 Å². The number of rotatable bonds is 1. The highest BCUT2D eigenvalue weighted by Crippen LogP contribution is 2.08. The van der Waals surface area contributed by atoms with Crippen LogP contribution in [-0.4, -0.2) is 17.8 Å². The summed E-state index contributed by atoms with van der Waals surface area (Å²) in [6, 6.07) is 0. The highest BCUT2D eigenvalue weighted by Gasteiger charge is 2.12. The zero-order valence-corrected chi connectivity index (χ0v) is 6.37. The Morgan fingerprint density at radius 1 is 1.67 bits per heavy atom. The van der Waals surface area contributed by atoms with E-state index < -0.39 is 9.05 Å². The van der Waals surface area contributed by atoms with E-state index in [4.69, 9.17) is 10.7 Å². The van der Waals surface area contributed by atoms with Gasteiger partial charge >= 0.3 is 0 Å². The Balaban J connectivity index is 3.20. The molecule has 1 heterocycles. The van der Waals surface area contributed by atoms with Crippen molar-refractivity contribution in [1.29, 1.82) is 0 Å². The van der Waals surface area contributed by atoms with Gasteiger partial charge in [-0.2, -0.15) is 4.37 Å². The standard InChI is InChI=1S/C2HClN2O2S2/c3-9(6,7)2-4-1-8-5-2/h1H. The van der Waals surface area contributed by atoms with Gasteiger partial charge in [0.2, 0.25) is 0 Å². The van der Waals surface area contributed by atoms with Crippen molar-refractivity contribution in [2.75, 3.05) is 0 Å². The predicted molar refractivity (Wildman–Crippen MR) is 32.9 cm³/mol. The van der Waals surface area contributed by atoms with Gasteiger partial charge in [0.25, 0.3) is 14.2 Å². The van der Waals surface area contributed by atoms with Crippen molar-refractivity contribution < 1.29 is 8.42 Å². The lowest BCUT2D eigenvalue weighted by molar-refractivity contribution is 0.603. The third kappa shape index (κ3) is 1.60. The number of nitrogens with zero attached hydrogens (tertiary/aromatic N) is 2. The van der Waals surface area contributed by atoms with E-state index in [1.165, 1.54) is 5.51 Å². The summed E-state index contributed by atoms with van der Waals surface area (Å²) in [6.45, 7) is 0. The van der Waals surface area contributed by atoms with E-state index in [-0.39, 0.29) is 5.16 Å². The van der Waals surface area contributed by atoms with Gasteiger partial charge in [-0.05, 0) is 11.5 Å². The molecule has 0 bridgehead atoms. The molecule has 0 saturated carbocycles. The molecule has 0 saturated heterocycles. The van der Waals surface area contributed by atoms with E-state index in [9.17, 15) is 8.42 Å². The summed E-state index contributed by atoms with van der Waals surface area (Å²) in [7, 11) is 1.15. The van der Waals surface area contributed by atoms with Gasteiger partial charge in [-0.25, -0.2) is 13.4 Å². The molecule has 0 radical (unpaired) electrons. The second-order valence-corrected chi connectivity index (χ2v) is 4.22. The number of halogens is 1. The SMILES string of the molecule is O=S(=O)(Cl)c1ncsn1. The lowest BCUT2D eigenvalue weighted by atomic mass is 11.3. The summed E-state index contributed by atoms with van der Waals surface area (Å²) in [5, 5.41) is -0.325. The Morgan fingerprint density at radius 2 is 2.33 bits per heavy atom. The van der Waals surface area contributed by atoms with E-state index in [1.807, 2.05) is 0 Å². The quantitative estimate of drug-likeness (QED) is 0.596. The van der Waals surface area contributed by atoms with Crippen molar-refractivity contribution in [3.05, 3.63) is 5.51 Å². The first-order chi connectivity index (χ1) is 4.11. The third-order valence-corrected chi connectivity index (χ3v) is 2.20. The molecule has 0 atom stereocenters. The summed E-state index contributed by atoms with van der Waals surface area (Å²) in [5.74, 6) is 0. The molecule has 0 unspecified atom stereocenters. The van der Waals surface area contributed by atoms with Crippen LogP contribution in [0.1, 0.15) is 0 Å². The number of hydrogen-bond acceptors (Lipinski definition) is 5. The van der Waals surface area contributed by atoms with Crippen molar-refractivity contribution in [3.63, 3.8) is 0 Å². The first-order valence-electron chi connectivity index (χ1n) is 1.82. The highest BCUT2D eigenvalue weighted by atomic mass is 35.7. The molecule has 0 aromatic carbocycles. The molecule has 7 heteroatoms. The van der Waals surface area contributed by atoms with E-state index in [0.717, 1.165) is 11.5 Å². The van der Waals surface area contributed by atoms with Gasteiger partial charge in [-0.1, -0.05) is 0 Å². The third-order valence-electron chi connectivity index (χ3n) is 0.559. The van der Waals surface area contributed by atoms with Crippen LogP contribution in [-0.2, 0) is 9.05 Å². The molecule has 0 N–H and O–H groups in total. The van der Waals surface area contributed by atoms with Gasteiger partial charge in [-0.15, -0.1) is 0 Å². The fraction of sp³-hybridized carbons (Fsp3) is 0. The van der Waals surface area contributed by atoms with E-state index >= 15 is 0 Å². The Hall–Kier alpha value is -0.200. The topological polar surface area (TPSA) is 59.9 Å². The average molecular weight is 185 g/mol. The monoisotopic (exact) mass is 184 g/mol. The molecular weight excluding hydrogens is 184 g/mol. The second kappa shape index (κ2) is 2.20. The molecule has 1 rings (SSSR count). The van der Waals surface area contributed by atoms with Crippen LogP contribution in [0.3, 0.4) is 0 Å². The fourth-order valence-electron chi connectivity index (χ4n) is 0.268. The van der Waals surface area contributed by atoms with Crippen molar-refractivity contribution in [3.8, 4) is 0 Å². The maximum absolute atomic E-state index is 10.3. The Kier molecular flexibility index (Phi) is 1.69. The first kappa shape index (κ1) is 6.91. The summed E-state index contributed by atoms with van der Waals surface area (Å²) in [4.78, 5) is 3.38. The lowest BCUT2D eigenvalue weighted by Gasteiger charge is -1.80. The van der Waals surface area contributed by atoms with Crippen molar-refractivity contribution in [2.24, 2.45) is 0 Å². The molecule has 1 aromatic rings. The molecule has 0 spiro atoms. The minimum Gasteiger partial charge on any atom is -0.212 e. The molecule has 50 valence electrons. The fourth-order valence-corrected chi connectivity index (χ4v) is 1.70. The summed E-state index contributed by atoms with van der Waals surface area (Å²) >= 11 is 0.942. The van der Waals surface area contributed by atoms with Gasteiger partial charge in [0.15, 0.2) is 0 Å². The second-order valence-electron chi connectivity index (χ2n) is 1.15. The molecule has 0 amide bonds. The van der Waals surface area contributed by atoms with E-state index in [2.05, 4.69) is 9.36 Å². The van der Waals surface area contributed by atoms with E-state index in [0.29, 0.717) is 0 Å². The maximum atomic E-state index is 10.3. The van der Waals surface area contributed by atoms with Crippen molar-refractivity contribution in [1.82, 2.24) is 9.36 Å². The maximum Gasteiger partial charge on any atom is 0.297 e. The van der Waals surface area contributed by atoms with Gasteiger partial charge < -0.3 is 0 Å². The zero-order chi connectivity index (χ0) is 6.91. The normalized spacial score (nSPS) is 11.7. The Morgan fingerprint density at radius 3 is 2.56 bits per heavy atom. The van der Waals surface area contributed by atoms with Crippen LogP contribution in [0.15, 0.2) is 10.7 Å². The summed E-state index contributed by atoms with van der Waals surface area (Å²) in [6.07, 6.45) is 0. The van der Waals surface area contributed by atoms with Crippen LogP contribution >= 0.6 is 22.2 Å². The summed E-state index contributed by atoms with van der Waals surface area (Å²) in [5.41, 5.74) is 1.30. The van der Waals surface area contributed by atoms with Crippen LogP contribution in [0.4, 0.5) is 0 Å². The van der Waals surface area contributed by atoms with Crippen LogP contribution < -0.4 is 0 Å². The van der Waals surface area contributed by atoms with Crippen molar-refractivity contribution in [2.45, 2.75) is 5.16 Å². The Labute approximate surface area is 60.1 Å². The molecule has 1 aromatic heterocycles. The number of hydrogen-bond donors (Lipinski definition) is 0. The molecule has 0 aliphatic heterocycles. The van der Waals surface area contributed by atoms with E-state index in [1.54, 1.807) is 0 Å². The molecule has 0 fully saturated rings. The largest absolute Gasteiger partial charge is 0.297 e. The minimum absolute atomic E-state index is 0.325. The Bertz CT molecular complexity index is 278. The average Bonchev–Trinajstić information content (AvgIpc) is 2.08. The first-order valence-corrected chi connectivity index (χ1v) is 4.96. The van der Waals surface area contributed by atoms with Crippen molar-refractivity contribution >= 4 is 31.3 Å². The smallest absolute Gasteiger partial charge is 0.212 e. The van der Waals surface area contributed by atoms with Crippen LogP contribution in [0, 0.1) is 0 Å². The molecule has 4 nitrogen and oxygen atoms in total. The number of aromatic nitrogens is 2. The molecule has 0 aliphatic rings. The predicted octanol–water partition coefficient (Wildman–Crippen LogP) is 0.466. The van der Waals surface area contributed by atoms with Crippen LogP contribution in [0.2, 0.25) is 0 Å².